The van der Waals surface area contributed by atoms with Crippen molar-refractivity contribution < 1.29 is 18.0 Å². The Morgan fingerprint density at radius 1 is 1.00 bits per heavy atom. The van der Waals surface area contributed by atoms with E-state index in [1.165, 1.54) is 0 Å². The van der Waals surface area contributed by atoms with Gasteiger partial charge >= 0.3 is 0 Å². The highest BCUT2D eigenvalue weighted by Crippen LogP contribution is 2.29. The minimum atomic E-state index is -3.60. The molecule has 0 aliphatic carbocycles. The quantitative estimate of drug-likeness (QED) is 0.495. The Morgan fingerprint density at radius 3 is 2.54 bits per heavy atom. The van der Waals surface area contributed by atoms with Gasteiger partial charge in [0.2, 0.25) is 5.91 Å². The zero-order valence-electron chi connectivity index (χ0n) is 19.9. The summed E-state index contributed by atoms with van der Waals surface area (Å²) in [6, 6.07) is 16.5. The number of carbonyl (C=O) groups excluding carboxylic acids is 2. The molecule has 2 aliphatic heterocycles. The number of halogens is 1. The first kappa shape index (κ1) is 25.0. The normalized spacial score (nSPS) is 17.5. The van der Waals surface area contributed by atoms with Crippen molar-refractivity contribution in [3.63, 3.8) is 0 Å². The lowest BCUT2D eigenvalue weighted by atomic mass is 10.1. The van der Waals surface area contributed by atoms with Crippen molar-refractivity contribution in [3.05, 3.63) is 83.0 Å². The van der Waals surface area contributed by atoms with E-state index in [1.54, 1.807) is 53.6 Å². The molecule has 2 aromatic carbocycles. The summed E-state index contributed by atoms with van der Waals surface area (Å²) in [6.07, 6.45) is 1.75. The van der Waals surface area contributed by atoms with Crippen LogP contribution in [0.5, 0.6) is 0 Å². The van der Waals surface area contributed by atoms with Crippen LogP contribution in [-0.4, -0.2) is 68.1 Å². The Morgan fingerprint density at radius 2 is 1.81 bits per heavy atom. The molecule has 1 saturated heterocycles. The summed E-state index contributed by atoms with van der Waals surface area (Å²) in [5.74, 6) is -0.278. The number of hydrogen-bond donors (Lipinski definition) is 2. The van der Waals surface area contributed by atoms with Crippen LogP contribution in [-0.2, 0) is 20.4 Å². The number of anilines is 3. The van der Waals surface area contributed by atoms with E-state index in [-0.39, 0.29) is 17.4 Å². The lowest BCUT2D eigenvalue weighted by Gasteiger charge is -2.35. The van der Waals surface area contributed by atoms with Crippen LogP contribution in [0.4, 0.5) is 17.2 Å². The van der Waals surface area contributed by atoms with Crippen molar-refractivity contribution in [1.82, 2.24) is 9.88 Å². The second-order valence-electron chi connectivity index (χ2n) is 9.10. The molecule has 0 radical (unpaired) electrons. The predicted molar refractivity (Wildman–Crippen MR) is 144 cm³/mol. The maximum absolute atomic E-state index is 13.1. The maximum atomic E-state index is 13.1. The van der Waals surface area contributed by atoms with Crippen LogP contribution in [0.15, 0.2) is 66.9 Å². The fourth-order valence-electron chi connectivity index (χ4n) is 4.55. The highest BCUT2D eigenvalue weighted by atomic mass is 35.5. The number of nitrogens with zero attached hydrogens (tertiary/aromatic N) is 3. The second-order valence-corrected chi connectivity index (χ2v) is 11.6. The number of pyridine rings is 1. The molecule has 9 nitrogen and oxygen atoms in total. The largest absolute Gasteiger partial charge is 0.371 e. The van der Waals surface area contributed by atoms with E-state index in [4.69, 9.17) is 11.6 Å². The number of carbonyl (C=O) groups is 2. The summed E-state index contributed by atoms with van der Waals surface area (Å²) in [7, 11) is -3.60. The molecule has 11 heteroatoms. The van der Waals surface area contributed by atoms with E-state index >= 15 is 0 Å². The van der Waals surface area contributed by atoms with Crippen LogP contribution < -0.4 is 15.5 Å². The van der Waals surface area contributed by atoms with Gasteiger partial charge in [-0.25, -0.2) is 13.4 Å². The fourth-order valence-corrected chi connectivity index (χ4v) is 6.31. The molecule has 0 spiro atoms. The topological polar surface area (TPSA) is 112 Å². The maximum Gasteiger partial charge on any atom is 0.254 e. The molecule has 2 aliphatic rings. The zero-order valence-corrected chi connectivity index (χ0v) is 21.5. The molecule has 0 bridgehead atoms. The number of amides is 2. The number of nitrogens with one attached hydrogen (secondary N) is 2. The van der Waals surface area contributed by atoms with Crippen molar-refractivity contribution in [1.29, 1.82) is 0 Å². The number of sulfone groups is 1. The molecule has 2 N–H and O–H groups in total. The van der Waals surface area contributed by atoms with Crippen LogP contribution in [0, 0.1) is 0 Å². The molecule has 3 heterocycles. The first-order valence-electron chi connectivity index (χ1n) is 11.9. The average Bonchev–Trinajstić information content (AvgIpc) is 2.88. The summed E-state index contributed by atoms with van der Waals surface area (Å²) in [5.41, 5.74) is 2.04. The van der Waals surface area contributed by atoms with Crippen molar-refractivity contribution in [2.75, 3.05) is 47.5 Å². The predicted octanol–water partition coefficient (Wildman–Crippen LogP) is 3.05. The van der Waals surface area contributed by atoms with E-state index in [1.807, 2.05) is 18.2 Å². The number of fused-ring (bicyclic) bond motifs is 1. The fraction of sp³-hybridized carbons (Fsp3) is 0.269. The van der Waals surface area contributed by atoms with Crippen LogP contribution in [0.25, 0.3) is 0 Å². The molecule has 1 fully saturated rings. The van der Waals surface area contributed by atoms with Gasteiger partial charge in [-0.2, -0.15) is 0 Å². The number of piperazine rings is 1. The molecule has 37 heavy (non-hydrogen) atoms. The number of rotatable bonds is 6. The third-order valence-electron chi connectivity index (χ3n) is 6.41. The lowest BCUT2D eigenvalue weighted by molar-refractivity contribution is -0.116. The summed E-state index contributed by atoms with van der Waals surface area (Å²) >= 11 is 5.96. The Balaban J connectivity index is 1.22. The summed E-state index contributed by atoms with van der Waals surface area (Å²) in [4.78, 5) is 34.2. The van der Waals surface area contributed by atoms with Gasteiger partial charge in [0.1, 0.15) is 11.9 Å². The Hall–Kier alpha value is -3.63. The zero-order chi connectivity index (χ0) is 26.0. The molecule has 1 aromatic heterocycles. The Labute approximate surface area is 220 Å². The molecule has 3 aromatic rings. The van der Waals surface area contributed by atoms with Crippen molar-refractivity contribution in [2.24, 2.45) is 0 Å². The molecular formula is C26H26ClN5O4S. The molecule has 192 valence electrons. The Bertz CT molecular complexity index is 1430. The molecule has 5 rings (SSSR count). The average molecular weight is 540 g/mol. The summed E-state index contributed by atoms with van der Waals surface area (Å²) < 4.78 is 25.5. The molecule has 0 saturated carbocycles. The number of aromatic nitrogens is 1. The number of hydrogen-bond acceptors (Lipinski definition) is 7. The van der Waals surface area contributed by atoms with Gasteiger partial charge in [-0.3, -0.25) is 9.59 Å². The van der Waals surface area contributed by atoms with Crippen LogP contribution in [0.1, 0.15) is 15.9 Å². The van der Waals surface area contributed by atoms with Crippen LogP contribution in [0.3, 0.4) is 0 Å². The van der Waals surface area contributed by atoms with E-state index in [0.29, 0.717) is 53.7 Å². The number of benzene rings is 2. The van der Waals surface area contributed by atoms with Crippen LogP contribution >= 0.6 is 11.6 Å². The van der Waals surface area contributed by atoms with Gasteiger partial charge in [-0.15, -0.1) is 0 Å². The van der Waals surface area contributed by atoms with Gasteiger partial charge in [-0.05, 0) is 48.0 Å². The van der Waals surface area contributed by atoms with Crippen LogP contribution in [0.2, 0.25) is 5.02 Å². The first-order valence-corrected chi connectivity index (χ1v) is 14.1. The van der Waals surface area contributed by atoms with E-state index in [2.05, 4.69) is 20.5 Å². The monoisotopic (exact) mass is 539 g/mol. The van der Waals surface area contributed by atoms with Gasteiger partial charge in [0.15, 0.2) is 9.84 Å². The van der Waals surface area contributed by atoms with E-state index in [9.17, 15) is 18.0 Å². The molecular weight excluding hydrogens is 514 g/mol. The second kappa shape index (κ2) is 10.4. The first-order chi connectivity index (χ1) is 17.8. The van der Waals surface area contributed by atoms with Gasteiger partial charge in [-0.1, -0.05) is 29.8 Å². The van der Waals surface area contributed by atoms with Gasteiger partial charge in [0.25, 0.3) is 5.91 Å². The lowest BCUT2D eigenvalue weighted by Crippen LogP contribution is -2.49. The highest BCUT2D eigenvalue weighted by Gasteiger charge is 2.31. The van der Waals surface area contributed by atoms with Crippen molar-refractivity contribution in [2.45, 2.75) is 11.8 Å². The third-order valence-corrected chi connectivity index (χ3v) is 8.26. The van der Waals surface area contributed by atoms with Gasteiger partial charge in [0, 0.05) is 43.0 Å². The van der Waals surface area contributed by atoms with E-state index < -0.39 is 21.8 Å². The van der Waals surface area contributed by atoms with E-state index in [0.717, 1.165) is 5.82 Å². The summed E-state index contributed by atoms with van der Waals surface area (Å²) in [6.45, 7) is 2.47. The van der Waals surface area contributed by atoms with Gasteiger partial charge in [0.05, 0.1) is 22.9 Å². The molecule has 1 atom stereocenters. The smallest absolute Gasteiger partial charge is 0.254 e. The minimum Gasteiger partial charge on any atom is -0.371 e. The summed E-state index contributed by atoms with van der Waals surface area (Å²) in [5, 5.41) is 6.23. The molecule has 2 amide bonds. The Kier molecular flexibility index (Phi) is 7.03. The third kappa shape index (κ3) is 5.86. The van der Waals surface area contributed by atoms with Crippen molar-refractivity contribution >= 4 is 50.4 Å². The molecule has 1 unspecified atom stereocenters. The standard InChI is InChI=1S/C26H26ClN5O4S/c27-20-5-3-4-18(14-20)16-37(35,36)17-23-25(33)30-22-15-19(7-8-21(22)29-23)26(34)32-12-10-31(11-13-32)24-6-1-2-9-28-24/h1-9,14-15,23,29H,10-13,16-17H2,(H,30,33). The SMILES string of the molecule is O=C1Nc2cc(C(=O)N3CCN(c4ccccn4)CC3)ccc2NC1CS(=O)(=O)Cc1cccc(Cl)c1. The minimum absolute atomic E-state index is 0.121. The van der Waals surface area contributed by atoms with Crippen molar-refractivity contribution in [3.8, 4) is 0 Å². The van der Waals surface area contributed by atoms with Gasteiger partial charge < -0.3 is 20.4 Å². The highest BCUT2D eigenvalue weighted by molar-refractivity contribution is 7.90.